The van der Waals surface area contributed by atoms with Crippen LogP contribution in [0.1, 0.15) is 33.6 Å². The molecule has 1 saturated heterocycles. The largest absolute Gasteiger partial charge is 0.465 e. The average molecular weight is 403 g/mol. The number of rotatable bonds is 5. The Kier molecular flexibility index (Phi) is 6.28. The summed E-state index contributed by atoms with van der Waals surface area (Å²) in [5.74, 6) is -1.22. The van der Waals surface area contributed by atoms with Crippen LogP contribution in [0, 0.1) is 0 Å². The number of ether oxygens (including phenoxy) is 2. The van der Waals surface area contributed by atoms with E-state index in [-0.39, 0.29) is 16.5 Å². The van der Waals surface area contributed by atoms with Crippen LogP contribution in [0.3, 0.4) is 0 Å². The first kappa shape index (κ1) is 19.9. The van der Waals surface area contributed by atoms with Crippen molar-refractivity contribution < 1.29 is 23.9 Å². The smallest absolute Gasteiger partial charge is 0.339 e. The predicted octanol–water partition coefficient (Wildman–Crippen LogP) is 3.50. The molecule has 0 radical (unpaired) electrons. The number of methoxy groups -OCH3 is 1. The average Bonchev–Trinajstić information content (AvgIpc) is 3.24. The maximum Gasteiger partial charge on any atom is 0.339 e. The zero-order valence-electron chi connectivity index (χ0n) is 15.2. The second kappa shape index (κ2) is 8.86. The molecule has 1 aliphatic heterocycles. The lowest BCUT2D eigenvalue weighted by Gasteiger charge is -2.12. The van der Waals surface area contributed by atoms with Crippen molar-refractivity contribution in [3.63, 3.8) is 0 Å². The Hall–Kier alpha value is -2.90. The Balaban J connectivity index is 1.71. The van der Waals surface area contributed by atoms with E-state index in [0.29, 0.717) is 30.0 Å². The first-order chi connectivity index (χ1) is 13.5. The number of benzene rings is 2. The number of esters is 1. The van der Waals surface area contributed by atoms with E-state index < -0.39 is 18.0 Å². The molecule has 1 unspecified atom stereocenters. The second-order valence-corrected chi connectivity index (χ2v) is 6.62. The summed E-state index contributed by atoms with van der Waals surface area (Å²) in [6, 6.07) is 11.1. The summed E-state index contributed by atoms with van der Waals surface area (Å²) in [5, 5.41) is 5.68. The van der Waals surface area contributed by atoms with Gasteiger partial charge in [-0.3, -0.25) is 9.59 Å². The van der Waals surface area contributed by atoms with Crippen molar-refractivity contribution in [1.29, 1.82) is 0 Å². The Labute approximate surface area is 167 Å². The summed E-state index contributed by atoms with van der Waals surface area (Å²) >= 11 is 5.98. The van der Waals surface area contributed by atoms with Crippen molar-refractivity contribution in [2.24, 2.45) is 0 Å². The number of hydrogen-bond acceptors (Lipinski definition) is 5. The van der Waals surface area contributed by atoms with Crippen molar-refractivity contribution in [3.8, 4) is 0 Å². The standard InChI is InChI=1S/C20H19ClN2O5/c1-27-20(26)15-11-14(7-8-16(15)21)22-18(24)12-4-2-5-13(10-12)23-19(25)17-6-3-9-28-17/h2,4-5,7-8,10-11,17H,3,6,9H2,1H3,(H,22,24)(H,23,25). The highest BCUT2D eigenvalue weighted by Gasteiger charge is 2.23. The molecule has 1 fully saturated rings. The second-order valence-electron chi connectivity index (χ2n) is 6.21. The molecule has 3 rings (SSSR count). The van der Waals surface area contributed by atoms with Crippen molar-refractivity contribution in [1.82, 2.24) is 0 Å². The van der Waals surface area contributed by atoms with Gasteiger partial charge in [-0.25, -0.2) is 4.79 Å². The summed E-state index contributed by atoms with van der Waals surface area (Å²) in [6.45, 7) is 0.579. The highest BCUT2D eigenvalue weighted by atomic mass is 35.5. The quantitative estimate of drug-likeness (QED) is 0.746. The van der Waals surface area contributed by atoms with Gasteiger partial charge in [-0.1, -0.05) is 17.7 Å². The third-order valence-corrected chi connectivity index (χ3v) is 4.57. The Morgan fingerprint density at radius 2 is 1.89 bits per heavy atom. The number of anilines is 2. The lowest BCUT2D eigenvalue weighted by molar-refractivity contribution is -0.124. The molecule has 1 heterocycles. The third kappa shape index (κ3) is 4.68. The van der Waals surface area contributed by atoms with Crippen LogP contribution >= 0.6 is 11.6 Å². The van der Waals surface area contributed by atoms with E-state index in [9.17, 15) is 14.4 Å². The summed E-state index contributed by atoms with van der Waals surface area (Å²) < 4.78 is 10.0. The van der Waals surface area contributed by atoms with Crippen LogP contribution in [0.5, 0.6) is 0 Å². The van der Waals surface area contributed by atoms with Crippen LogP contribution in [0.4, 0.5) is 11.4 Å². The van der Waals surface area contributed by atoms with Gasteiger partial charge in [0.2, 0.25) is 0 Å². The third-order valence-electron chi connectivity index (χ3n) is 4.24. The number of amides is 2. The van der Waals surface area contributed by atoms with Gasteiger partial charge in [-0.05, 0) is 49.2 Å². The van der Waals surface area contributed by atoms with Crippen LogP contribution in [-0.2, 0) is 14.3 Å². The molecular weight excluding hydrogens is 384 g/mol. The number of halogens is 1. The molecular formula is C20H19ClN2O5. The zero-order chi connectivity index (χ0) is 20.1. The lowest BCUT2D eigenvalue weighted by Crippen LogP contribution is -2.27. The van der Waals surface area contributed by atoms with E-state index in [1.807, 2.05) is 0 Å². The summed E-state index contributed by atoms with van der Waals surface area (Å²) in [7, 11) is 1.25. The summed E-state index contributed by atoms with van der Waals surface area (Å²) in [5.41, 5.74) is 1.39. The molecule has 1 atom stereocenters. The van der Waals surface area contributed by atoms with E-state index in [1.54, 1.807) is 30.3 Å². The molecule has 1 aliphatic rings. The summed E-state index contributed by atoms with van der Waals surface area (Å²) in [6.07, 6.45) is 1.09. The molecule has 2 aromatic rings. The normalized spacial score (nSPS) is 15.7. The van der Waals surface area contributed by atoms with Crippen LogP contribution in [0.2, 0.25) is 5.02 Å². The van der Waals surface area contributed by atoms with Crippen molar-refractivity contribution in [2.75, 3.05) is 24.4 Å². The number of nitrogens with one attached hydrogen (secondary N) is 2. The fourth-order valence-electron chi connectivity index (χ4n) is 2.82. The molecule has 146 valence electrons. The van der Waals surface area contributed by atoms with Gasteiger partial charge in [0, 0.05) is 23.5 Å². The minimum Gasteiger partial charge on any atom is -0.465 e. The first-order valence-corrected chi connectivity index (χ1v) is 9.07. The van der Waals surface area contributed by atoms with Crippen LogP contribution in [0.15, 0.2) is 42.5 Å². The maximum atomic E-state index is 12.5. The van der Waals surface area contributed by atoms with Gasteiger partial charge in [0.25, 0.3) is 11.8 Å². The fourth-order valence-corrected chi connectivity index (χ4v) is 3.01. The van der Waals surface area contributed by atoms with Gasteiger partial charge in [0.15, 0.2) is 0 Å². The molecule has 7 nitrogen and oxygen atoms in total. The van der Waals surface area contributed by atoms with Gasteiger partial charge in [-0.2, -0.15) is 0 Å². The minimum atomic E-state index is -0.597. The molecule has 0 bridgehead atoms. The molecule has 2 amide bonds. The van der Waals surface area contributed by atoms with E-state index >= 15 is 0 Å². The summed E-state index contributed by atoms with van der Waals surface area (Å²) in [4.78, 5) is 36.4. The first-order valence-electron chi connectivity index (χ1n) is 8.69. The molecule has 2 aromatic carbocycles. The molecule has 0 aliphatic carbocycles. The molecule has 0 spiro atoms. The molecule has 2 N–H and O–H groups in total. The number of carbonyl (C=O) groups excluding carboxylic acids is 3. The predicted molar refractivity (Wildman–Crippen MR) is 105 cm³/mol. The van der Waals surface area contributed by atoms with E-state index in [2.05, 4.69) is 15.4 Å². The Morgan fingerprint density at radius 1 is 1.11 bits per heavy atom. The molecule has 28 heavy (non-hydrogen) atoms. The van der Waals surface area contributed by atoms with Gasteiger partial charge >= 0.3 is 5.97 Å². The van der Waals surface area contributed by atoms with Crippen LogP contribution < -0.4 is 10.6 Å². The van der Waals surface area contributed by atoms with Crippen molar-refractivity contribution >= 4 is 40.8 Å². The van der Waals surface area contributed by atoms with Gasteiger partial charge in [0.05, 0.1) is 17.7 Å². The van der Waals surface area contributed by atoms with Gasteiger partial charge < -0.3 is 20.1 Å². The van der Waals surface area contributed by atoms with Gasteiger partial charge in [0.1, 0.15) is 6.10 Å². The zero-order valence-corrected chi connectivity index (χ0v) is 15.9. The highest BCUT2D eigenvalue weighted by molar-refractivity contribution is 6.33. The van der Waals surface area contributed by atoms with E-state index in [1.165, 1.54) is 19.2 Å². The van der Waals surface area contributed by atoms with Crippen LogP contribution in [0.25, 0.3) is 0 Å². The lowest BCUT2D eigenvalue weighted by atomic mass is 10.1. The number of hydrogen-bond donors (Lipinski definition) is 2. The highest BCUT2D eigenvalue weighted by Crippen LogP contribution is 2.22. The van der Waals surface area contributed by atoms with E-state index in [4.69, 9.17) is 16.3 Å². The SMILES string of the molecule is COC(=O)c1cc(NC(=O)c2cccc(NC(=O)C3CCCO3)c2)ccc1Cl. The molecule has 0 aromatic heterocycles. The monoisotopic (exact) mass is 402 g/mol. The minimum absolute atomic E-state index is 0.152. The number of carbonyl (C=O) groups is 3. The van der Waals surface area contributed by atoms with Crippen LogP contribution in [-0.4, -0.2) is 37.6 Å². The topological polar surface area (TPSA) is 93.7 Å². The Bertz CT molecular complexity index is 909. The fraction of sp³-hybridized carbons (Fsp3) is 0.250. The van der Waals surface area contributed by atoms with Crippen molar-refractivity contribution in [2.45, 2.75) is 18.9 Å². The molecule has 0 saturated carbocycles. The van der Waals surface area contributed by atoms with Gasteiger partial charge in [-0.15, -0.1) is 0 Å². The Morgan fingerprint density at radius 3 is 2.61 bits per heavy atom. The maximum absolute atomic E-state index is 12.5. The van der Waals surface area contributed by atoms with E-state index in [0.717, 1.165) is 6.42 Å². The molecule has 8 heteroatoms. The van der Waals surface area contributed by atoms with Crippen molar-refractivity contribution in [3.05, 3.63) is 58.6 Å².